The first kappa shape index (κ1) is 11.2. The molecule has 1 heterocycles. The quantitative estimate of drug-likeness (QED) is 0.853. The third-order valence-electron chi connectivity index (χ3n) is 3.65. The Morgan fingerprint density at radius 2 is 2.12 bits per heavy atom. The van der Waals surface area contributed by atoms with E-state index < -0.39 is 11.9 Å². The van der Waals surface area contributed by atoms with Crippen LogP contribution in [0, 0.1) is 11.8 Å². The molecule has 1 fully saturated rings. The topological polar surface area (TPSA) is 50.4 Å². The number of carbonyl (C=O) groups is 1. The van der Waals surface area contributed by atoms with Crippen molar-refractivity contribution in [3.63, 3.8) is 0 Å². The Morgan fingerprint density at radius 1 is 1.44 bits per heavy atom. The van der Waals surface area contributed by atoms with Gasteiger partial charge in [-0.05, 0) is 36.8 Å². The predicted molar refractivity (Wildman–Crippen MR) is 60.2 cm³/mol. The zero-order chi connectivity index (χ0) is 11.5. The number of rotatable bonds is 3. The number of aliphatic carboxylic acids is 1. The maximum absolute atomic E-state index is 11.3. The number of carboxylic acid groups (broad SMARTS) is 1. The van der Waals surface area contributed by atoms with Gasteiger partial charge < -0.3 is 9.52 Å². The Hall–Kier alpha value is -1.25. The van der Waals surface area contributed by atoms with Crippen molar-refractivity contribution in [2.24, 2.45) is 11.8 Å². The largest absolute Gasteiger partial charge is 0.481 e. The number of hydrogen-bond donors (Lipinski definition) is 1. The van der Waals surface area contributed by atoms with Gasteiger partial charge in [-0.3, -0.25) is 4.79 Å². The molecule has 0 saturated heterocycles. The number of carboxylic acids is 1. The number of furan rings is 1. The van der Waals surface area contributed by atoms with E-state index in [1.54, 1.807) is 18.4 Å². The van der Waals surface area contributed by atoms with Crippen LogP contribution in [0.15, 0.2) is 22.8 Å². The van der Waals surface area contributed by atoms with Crippen LogP contribution in [0.4, 0.5) is 0 Å². The summed E-state index contributed by atoms with van der Waals surface area (Å²) in [6, 6.07) is 3.54. The minimum atomic E-state index is -0.755. The van der Waals surface area contributed by atoms with Crippen LogP contribution in [0.5, 0.6) is 0 Å². The van der Waals surface area contributed by atoms with Crippen molar-refractivity contribution < 1.29 is 14.3 Å². The van der Waals surface area contributed by atoms with Crippen LogP contribution in [0.2, 0.25) is 0 Å². The molecule has 88 valence electrons. The molecule has 1 aliphatic carbocycles. The van der Waals surface area contributed by atoms with E-state index in [1.165, 1.54) is 0 Å². The SMILES string of the molecule is CC1CCC(C(C(=O)O)c2ccco2)CC1. The summed E-state index contributed by atoms with van der Waals surface area (Å²) in [4.78, 5) is 11.3. The molecule has 1 N–H and O–H groups in total. The molecule has 0 bridgehead atoms. The molecule has 0 spiro atoms. The van der Waals surface area contributed by atoms with Crippen molar-refractivity contribution in [1.29, 1.82) is 0 Å². The summed E-state index contributed by atoms with van der Waals surface area (Å²) in [5, 5.41) is 9.30. The first-order valence-corrected chi connectivity index (χ1v) is 5.94. The van der Waals surface area contributed by atoms with Crippen molar-refractivity contribution >= 4 is 5.97 Å². The van der Waals surface area contributed by atoms with Gasteiger partial charge in [-0.25, -0.2) is 0 Å². The Morgan fingerprint density at radius 3 is 2.62 bits per heavy atom. The van der Waals surface area contributed by atoms with Crippen molar-refractivity contribution in [1.82, 2.24) is 0 Å². The predicted octanol–water partition coefficient (Wildman–Crippen LogP) is 3.27. The van der Waals surface area contributed by atoms with Crippen LogP contribution < -0.4 is 0 Å². The monoisotopic (exact) mass is 222 g/mol. The highest BCUT2D eigenvalue weighted by Crippen LogP contribution is 2.38. The van der Waals surface area contributed by atoms with Crippen LogP contribution in [0.1, 0.15) is 44.3 Å². The molecular weight excluding hydrogens is 204 g/mol. The van der Waals surface area contributed by atoms with Crippen molar-refractivity contribution in [3.8, 4) is 0 Å². The zero-order valence-corrected chi connectivity index (χ0v) is 9.56. The molecule has 1 unspecified atom stereocenters. The maximum Gasteiger partial charge on any atom is 0.314 e. The summed E-state index contributed by atoms with van der Waals surface area (Å²) < 4.78 is 5.26. The maximum atomic E-state index is 11.3. The fraction of sp³-hybridized carbons (Fsp3) is 0.615. The van der Waals surface area contributed by atoms with Gasteiger partial charge in [0.15, 0.2) is 0 Å². The molecule has 1 aliphatic rings. The molecule has 16 heavy (non-hydrogen) atoms. The summed E-state index contributed by atoms with van der Waals surface area (Å²) in [6.45, 7) is 2.24. The van der Waals surface area contributed by atoms with Gasteiger partial charge in [-0.15, -0.1) is 0 Å². The Bertz CT molecular complexity index is 334. The minimum Gasteiger partial charge on any atom is -0.481 e. The van der Waals surface area contributed by atoms with Crippen LogP contribution >= 0.6 is 0 Å². The Balaban J connectivity index is 2.11. The molecule has 1 aromatic rings. The van der Waals surface area contributed by atoms with Gasteiger partial charge >= 0.3 is 5.97 Å². The summed E-state index contributed by atoms with van der Waals surface area (Å²) >= 11 is 0. The molecule has 0 radical (unpaired) electrons. The smallest absolute Gasteiger partial charge is 0.314 e. The highest BCUT2D eigenvalue weighted by molar-refractivity contribution is 5.75. The lowest BCUT2D eigenvalue weighted by molar-refractivity contribution is -0.141. The van der Waals surface area contributed by atoms with E-state index in [4.69, 9.17) is 4.42 Å². The van der Waals surface area contributed by atoms with E-state index >= 15 is 0 Å². The van der Waals surface area contributed by atoms with Crippen molar-refractivity contribution in [2.45, 2.75) is 38.5 Å². The average molecular weight is 222 g/mol. The summed E-state index contributed by atoms with van der Waals surface area (Å²) in [5.74, 6) is 0.367. The standard InChI is InChI=1S/C13H18O3/c1-9-4-6-10(7-5-9)12(13(14)15)11-3-2-8-16-11/h2-3,8-10,12H,4-7H2,1H3,(H,14,15). The Labute approximate surface area is 95.5 Å². The molecular formula is C13H18O3. The van der Waals surface area contributed by atoms with Gasteiger partial charge in [0.2, 0.25) is 0 Å². The highest BCUT2D eigenvalue weighted by atomic mass is 16.4. The molecule has 0 amide bonds. The van der Waals surface area contributed by atoms with Crippen LogP contribution in [-0.2, 0) is 4.79 Å². The van der Waals surface area contributed by atoms with Crippen LogP contribution in [0.25, 0.3) is 0 Å². The van der Waals surface area contributed by atoms with Gasteiger partial charge in [0.25, 0.3) is 0 Å². The molecule has 0 aromatic carbocycles. The van der Waals surface area contributed by atoms with Gasteiger partial charge in [0.1, 0.15) is 11.7 Å². The van der Waals surface area contributed by atoms with E-state index in [2.05, 4.69) is 6.92 Å². The molecule has 3 heteroatoms. The lowest BCUT2D eigenvalue weighted by atomic mass is 9.75. The molecule has 3 nitrogen and oxygen atoms in total. The van der Waals surface area contributed by atoms with E-state index in [9.17, 15) is 9.90 Å². The second-order valence-electron chi connectivity index (χ2n) is 4.85. The number of hydrogen-bond acceptors (Lipinski definition) is 2. The molecule has 1 saturated carbocycles. The van der Waals surface area contributed by atoms with Gasteiger partial charge in [-0.1, -0.05) is 19.8 Å². The second kappa shape index (κ2) is 4.73. The van der Waals surface area contributed by atoms with E-state index in [1.807, 2.05) is 0 Å². The van der Waals surface area contributed by atoms with Crippen molar-refractivity contribution in [3.05, 3.63) is 24.2 Å². The average Bonchev–Trinajstić information content (AvgIpc) is 2.74. The summed E-state index contributed by atoms with van der Waals surface area (Å²) in [5.41, 5.74) is 0. The lowest BCUT2D eigenvalue weighted by Gasteiger charge is -2.29. The van der Waals surface area contributed by atoms with E-state index in [0.717, 1.165) is 31.6 Å². The van der Waals surface area contributed by atoms with Crippen molar-refractivity contribution in [2.75, 3.05) is 0 Å². The van der Waals surface area contributed by atoms with E-state index in [-0.39, 0.29) is 5.92 Å². The molecule has 2 rings (SSSR count). The summed E-state index contributed by atoms with van der Waals surface area (Å²) in [7, 11) is 0. The zero-order valence-electron chi connectivity index (χ0n) is 9.56. The molecule has 0 aliphatic heterocycles. The van der Waals surface area contributed by atoms with Crippen LogP contribution in [-0.4, -0.2) is 11.1 Å². The second-order valence-corrected chi connectivity index (χ2v) is 4.85. The normalized spacial score (nSPS) is 27.6. The van der Waals surface area contributed by atoms with Gasteiger partial charge in [0, 0.05) is 0 Å². The molecule has 1 aromatic heterocycles. The lowest BCUT2D eigenvalue weighted by Crippen LogP contribution is -2.25. The Kier molecular flexibility index (Phi) is 3.32. The summed E-state index contributed by atoms with van der Waals surface area (Å²) in [6.07, 6.45) is 5.82. The molecule has 1 atom stereocenters. The third-order valence-corrected chi connectivity index (χ3v) is 3.65. The van der Waals surface area contributed by atoms with E-state index in [0.29, 0.717) is 5.76 Å². The minimum absolute atomic E-state index is 0.236. The first-order valence-electron chi connectivity index (χ1n) is 5.94. The van der Waals surface area contributed by atoms with Gasteiger partial charge in [0.05, 0.1) is 6.26 Å². The first-order chi connectivity index (χ1) is 7.68. The fourth-order valence-corrected chi connectivity index (χ4v) is 2.64. The van der Waals surface area contributed by atoms with Gasteiger partial charge in [-0.2, -0.15) is 0 Å². The van der Waals surface area contributed by atoms with Crippen LogP contribution in [0.3, 0.4) is 0 Å². The highest BCUT2D eigenvalue weighted by Gasteiger charge is 2.33. The third kappa shape index (κ3) is 2.29. The fourth-order valence-electron chi connectivity index (χ4n) is 2.64.